The number of allylic oxidation sites excluding steroid dienone is 25. The molecule has 1 atom stereocenters. The molecule has 2 aliphatic rings. The lowest BCUT2D eigenvalue weighted by Crippen LogP contribution is -2.33. The summed E-state index contributed by atoms with van der Waals surface area (Å²) in [6.07, 6.45) is 38.8. The van der Waals surface area contributed by atoms with Crippen molar-refractivity contribution in [2.24, 2.45) is 16.7 Å². The van der Waals surface area contributed by atoms with Gasteiger partial charge in [-0.2, -0.15) is 0 Å². The summed E-state index contributed by atoms with van der Waals surface area (Å²) in [5, 5.41) is 9.61. The first-order valence-corrected chi connectivity index (χ1v) is 15.2. The Balaban J connectivity index is 1.93. The van der Waals surface area contributed by atoms with Crippen molar-refractivity contribution in [2.75, 3.05) is 0 Å². The van der Waals surface area contributed by atoms with E-state index in [-0.39, 0.29) is 5.41 Å². The summed E-state index contributed by atoms with van der Waals surface area (Å²) in [4.78, 5) is 11.7. The zero-order valence-electron chi connectivity index (χ0n) is 28.0. The molecule has 0 radical (unpaired) electrons. The normalized spacial score (nSPS) is 22.1. The van der Waals surface area contributed by atoms with E-state index in [1.54, 1.807) is 6.08 Å². The fourth-order valence-electron chi connectivity index (χ4n) is 5.37. The van der Waals surface area contributed by atoms with Crippen LogP contribution in [0.4, 0.5) is 0 Å². The number of carboxylic acids is 1. The van der Waals surface area contributed by atoms with E-state index >= 15 is 0 Å². The minimum atomic E-state index is -0.788. The van der Waals surface area contributed by atoms with Crippen LogP contribution in [0.2, 0.25) is 0 Å². The van der Waals surface area contributed by atoms with Crippen molar-refractivity contribution < 1.29 is 9.90 Å². The van der Waals surface area contributed by atoms with E-state index in [2.05, 4.69) is 140 Å². The summed E-state index contributed by atoms with van der Waals surface area (Å²) >= 11 is 0. The smallest absolute Gasteiger partial charge is 0.311 e. The Morgan fingerprint density at radius 2 is 1.14 bits per heavy atom. The second-order valence-electron chi connectivity index (χ2n) is 13.0. The van der Waals surface area contributed by atoms with Crippen molar-refractivity contribution in [1.82, 2.24) is 0 Å². The van der Waals surface area contributed by atoms with Crippen molar-refractivity contribution >= 4 is 5.97 Å². The molecule has 0 heterocycles. The maximum atomic E-state index is 11.7. The minimum absolute atomic E-state index is 0.185. The van der Waals surface area contributed by atoms with Gasteiger partial charge < -0.3 is 5.11 Å². The number of rotatable bonds is 11. The van der Waals surface area contributed by atoms with E-state index in [0.717, 1.165) is 28.7 Å². The third-order valence-electron chi connectivity index (χ3n) is 8.14. The first kappa shape index (κ1) is 35.3. The van der Waals surface area contributed by atoms with Crippen LogP contribution in [0.15, 0.2) is 154 Å². The van der Waals surface area contributed by atoms with E-state index < -0.39 is 17.3 Å². The first-order chi connectivity index (χ1) is 20.1. The number of aliphatic carboxylic acids is 1. The fourth-order valence-corrected chi connectivity index (χ4v) is 5.37. The molecule has 0 saturated heterocycles. The van der Waals surface area contributed by atoms with Gasteiger partial charge in [-0.3, -0.25) is 4.79 Å². The van der Waals surface area contributed by atoms with Crippen molar-refractivity contribution in [3.63, 3.8) is 0 Å². The molecule has 0 amide bonds. The molecule has 0 spiro atoms. The third-order valence-corrected chi connectivity index (χ3v) is 8.14. The zero-order chi connectivity index (χ0) is 32.2. The summed E-state index contributed by atoms with van der Waals surface area (Å²) in [6, 6.07) is 0. The highest BCUT2D eigenvalue weighted by atomic mass is 16.4. The van der Waals surface area contributed by atoms with Crippen LogP contribution in [-0.2, 0) is 4.79 Å². The van der Waals surface area contributed by atoms with E-state index in [1.807, 2.05) is 32.9 Å². The van der Waals surface area contributed by atoms with Gasteiger partial charge >= 0.3 is 5.97 Å². The lowest BCUT2D eigenvalue weighted by molar-refractivity contribution is -0.142. The SMILES string of the molecule is CC(C=CC=C(C)C=CC1=C(C)C=CCC1(C)C)=CC=CC=C(C)C=CC=C(C)C=CC1=C(C)C=CC(C(=O)O)C1(C)C. The van der Waals surface area contributed by atoms with Gasteiger partial charge in [-0.05, 0) is 75.7 Å². The predicted molar refractivity (Wildman–Crippen MR) is 188 cm³/mol. The van der Waals surface area contributed by atoms with Gasteiger partial charge in [-0.1, -0.05) is 159 Å². The van der Waals surface area contributed by atoms with Gasteiger partial charge in [0, 0.05) is 5.41 Å². The van der Waals surface area contributed by atoms with Crippen LogP contribution in [0.1, 0.15) is 75.7 Å². The van der Waals surface area contributed by atoms with Gasteiger partial charge in [0.1, 0.15) is 0 Å². The average molecular weight is 577 g/mol. The van der Waals surface area contributed by atoms with E-state index in [1.165, 1.54) is 22.3 Å². The Morgan fingerprint density at radius 3 is 1.63 bits per heavy atom. The number of carbonyl (C=O) groups is 1. The maximum Gasteiger partial charge on any atom is 0.311 e. The molecule has 0 fully saturated rings. The largest absolute Gasteiger partial charge is 0.481 e. The fraction of sp³-hybridized carbons (Fsp3) is 0.341. The molecule has 0 aromatic heterocycles. The maximum absolute atomic E-state index is 11.7. The minimum Gasteiger partial charge on any atom is -0.481 e. The zero-order valence-corrected chi connectivity index (χ0v) is 28.0. The number of hydrogen-bond acceptors (Lipinski definition) is 1. The highest BCUT2D eigenvalue weighted by Gasteiger charge is 2.38. The highest BCUT2D eigenvalue weighted by molar-refractivity contribution is 5.75. The molecule has 43 heavy (non-hydrogen) atoms. The topological polar surface area (TPSA) is 37.3 Å². The molecule has 0 aromatic rings. The molecule has 228 valence electrons. The van der Waals surface area contributed by atoms with Crippen molar-refractivity contribution in [1.29, 1.82) is 0 Å². The summed E-state index contributed by atoms with van der Waals surface area (Å²) in [7, 11) is 0. The Morgan fingerprint density at radius 1 is 0.698 bits per heavy atom. The average Bonchev–Trinajstić information content (AvgIpc) is 2.89. The molecular weight excluding hydrogens is 524 g/mol. The van der Waals surface area contributed by atoms with Gasteiger partial charge in [0.25, 0.3) is 0 Å². The molecule has 0 bridgehead atoms. The molecule has 0 saturated carbocycles. The van der Waals surface area contributed by atoms with Crippen molar-refractivity contribution in [3.05, 3.63) is 154 Å². The van der Waals surface area contributed by atoms with Crippen LogP contribution < -0.4 is 0 Å². The van der Waals surface area contributed by atoms with Crippen LogP contribution in [-0.4, -0.2) is 11.1 Å². The Bertz CT molecular complexity index is 1440. The second kappa shape index (κ2) is 16.1. The predicted octanol–water partition coefficient (Wildman–Crippen LogP) is 11.5. The van der Waals surface area contributed by atoms with Gasteiger partial charge in [-0.25, -0.2) is 0 Å². The summed E-state index contributed by atoms with van der Waals surface area (Å²) in [5.74, 6) is -1.31. The molecule has 2 aliphatic carbocycles. The highest BCUT2D eigenvalue weighted by Crippen LogP contribution is 2.42. The molecule has 1 unspecified atom stereocenters. The van der Waals surface area contributed by atoms with E-state index in [4.69, 9.17) is 0 Å². The van der Waals surface area contributed by atoms with E-state index in [0.29, 0.717) is 0 Å². The second-order valence-corrected chi connectivity index (χ2v) is 13.0. The summed E-state index contributed by atoms with van der Waals surface area (Å²) in [5.41, 5.74) is 9.32. The van der Waals surface area contributed by atoms with Gasteiger partial charge in [-0.15, -0.1) is 0 Å². The van der Waals surface area contributed by atoms with Crippen LogP contribution in [0.3, 0.4) is 0 Å². The van der Waals surface area contributed by atoms with Crippen LogP contribution in [0.25, 0.3) is 0 Å². The number of hydrogen-bond donors (Lipinski definition) is 1. The van der Waals surface area contributed by atoms with Crippen LogP contribution >= 0.6 is 0 Å². The van der Waals surface area contributed by atoms with Gasteiger partial charge in [0.15, 0.2) is 0 Å². The Kier molecular flexibility index (Phi) is 13.2. The molecular formula is C41H52O2. The molecule has 0 aliphatic heterocycles. The summed E-state index contributed by atoms with van der Waals surface area (Å²) < 4.78 is 0. The monoisotopic (exact) mass is 576 g/mol. The van der Waals surface area contributed by atoms with Crippen molar-refractivity contribution in [2.45, 2.75) is 75.7 Å². The Labute approximate surface area is 261 Å². The lowest BCUT2D eigenvalue weighted by atomic mass is 9.68. The van der Waals surface area contributed by atoms with Gasteiger partial charge in [0.05, 0.1) is 5.92 Å². The standard InChI is InChI=1S/C41H52O2/c1-30(18-13-20-32(3)23-26-36-34(5)22-15-29-40(36,7)8)16-11-12-17-31(2)19-14-21-33(4)24-27-37-35(6)25-28-38(39(42)43)41(37,9)10/h11-28,38H,29H2,1-10H3,(H,42,43). The van der Waals surface area contributed by atoms with Crippen LogP contribution in [0.5, 0.6) is 0 Å². The summed E-state index contributed by atoms with van der Waals surface area (Å²) in [6.45, 7) is 21.2. The lowest BCUT2D eigenvalue weighted by Gasteiger charge is -2.35. The molecule has 0 aromatic carbocycles. The van der Waals surface area contributed by atoms with Crippen LogP contribution in [0, 0.1) is 16.7 Å². The Hall–Kier alpha value is -3.91. The first-order valence-electron chi connectivity index (χ1n) is 15.2. The third kappa shape index (κ3) is 11.0. The molecule has 1 N–H and O–H groups in total. The van der Waals surface area contributed by atoms with Gasteiger partial charge in [0.2, 0.25) is 0 Å². The quantitative estimate of drug-likeness (QED) is 0.248. The molecule has 2 nitrogen and oxygen atoms in total. The molecule has 2 rings (SSSR count). The molecule has 2 heteroatoms. The van der Waals surface area contributed by atoms with E-state index in [9.17, 15) is 9.90 Å². The number of carboxylic acid groups (broad SMARTS) is 1. The van der Waals surface area contributed by atoms with Crippen molar-refractivity contribution in [3.8, 4) is 0 Å².